The van der Waals surface area contributed by atoms with Crippen LogP contribution in [0.2, 0.25) is 0 Å². The SMILES string of the molecule is CCOC(=O)c1ccc(N2C(=O)C3C4CC(C3C2=O)C2C4Sc3[nH]c(=O)sc3[C@@H]2c2ccc(OCC(=O)Nc3cccc(C(F)(F)F)c3)c(OCC)c2)cc1. The third-order valence-corrected chi connectivity index (χ3v) is 13.4. The summed E-state index contributed by atoms with van der Waals surface area (Å²) in [5, 5.41) is 3.10. The normalized spacial score (nSPS) is 25.0. The number of aromatic amines is 1. The van der Waals surface area contributed by atoms with E-state index in [4.69, 9.17) is 14.2 Å². The number of benzene rings is 3. The van der Waals surface area contributed by atoms with Gasteiger partial charge in [-0.3, -0.25) is 24.1 Å². The molecule has 2 saturated carbocycles. The number of nitrogens with one attached hydrogen (secondary N) is 2. The van der Waals surface area contributed by atoms with Crippen LogP contribution in [0.3, 0.4) is 0 Å². The first-order valence-corrected chi connectivity index (χ1v) is 19.5. The number of alkyl halides is 3. The van der Waals surface area contributed by atoms with Crippen LogP contribution >= 0.6 is 23.1 Å². The highest BCUT2D eigenvalue weighted by atomic mass is 32.2. The van der Waals surface area contributed by atoms with Crippen LogP contribution < -0.4 is 24.6 Å². The quantitative estimate of drug-likeness (QED) is 0.132. The van der Waals surface area contributed by atoms with Crippen molar-refractivity contribution in [1.29, 1.82) is 0 Å². The van der Waals surface area contributed by atoms with Gasteiger partial charge >= 0.3 is 17.0 Å². The minimum Gasteiger partial charge on any atom is -0.490 e. The van der Waals surface area contributed by atoms with Crippen LogP contribution in [0, 0.1) is 29.6 Å². The number of carbonyl (C=O) groups is 4. The summed E-state index contributed by atoms with van der Waals surface area (Å²) in [5.74, 6) is -2.89. The summed E-state index contributed by atoms with van der Waals surface area (Å²) in [5.41, 5.74) is 0.599. The molecule has 6 unspecified atom stereocenters. The zero-order chi connectivity index (χ0) is 38.8. The van der Waals surface area contributed by atoms with Crippen LogP contribution in [-0.4, -0.2) is 53.7 Å². The van der Waals surface area contributed by atoms with Gasteiger partial charge in [0.15, 0.2) is 18.1 Å². The number of rotatable bonds is 10. The number of thiazole rings is 1. The summed E-state index contributed by atoms with van der Waals surface area (Å²) in [4.78, 5) is 70.8. The molecule has 2 N–H and O–H groups in total. The van der Waals surface area contributed by atoms with Crippen molar-refractivity contribution in [2.24, 2.45) is 29.6 Å². The van der Waals surface area contributed by atoms with Gasteiger partial charge in [0.1, 0.15) is 0 Å². The fourth-order valence-electron chi connectivity index (χ4n) is 8.82. The van der Waals surface area contributed by atoms with E-state index in [0.29, 0.717) is 23.4 Å². The second-order valence-electron chi connectivity index (χ2n) is 13.8. The molecule has 2 aliphatic carbocycles. The van der Waals surface area contributed by atoms with Crippen LogP contribution in [0.25, 0.3) is 0 Å². The Morgan fingerprint density at radius 2 is 1.65 bits per heavy atom. The van der Waals surface area contributed by atoms with Crippen LogP contribution in [0.4, 0.5) is 24.5 Å². The molecule has 1 aromatic heterocycles. The van der Waals surface area contributed by atoms with Crippen LogP contribution in [0.5, 0.6) is 11.5 Å². The van der Waals surface area contributed by atoms with E-state index in [2.05, 4.69) is 10.3 Å². The molecule has 3 heterocycles. The number of esters is 1. The third kappa shape index (κ3) is 6.48. The first-order chi connectivity index (χ1) is 26.4. The lowest BCUT2D eigenvalue weighted by Crippen LogP contribution is -2.42. The van der Waals surface area contributed by atoms with Gasteiger partial charge in [0, 0.05) is 21.7 Å². The Morgan fingerprint density at radius 1 is 0.909 bits per heavy atom. The molecule has 2 bridgehead atoms. The number of ether oxygens (including phenoxy) is 3. The minimum atomic E-state index is -4.57. The molecule has 3 aromatic carbocycles. The summed E-state index contributed by atoms with van der Waals surface area (Å²) in [6.07, 6.45) is -3.88. The second kappa shape index (κ2) is 14.2. The highest BCUT2D eigenvalue weighted by molar-refractivity contribution is 8.00. The van der Waals surface area contributed by atoms with Crippen LogP contribution in [-0.2, 0) is 25.3 Å². The minimum absolute atomic E-state index is 0.0274. The van der Waals surface area contributed by atoms with Crippen molar-refractivity contribution >= 4 is 58.2 Å². The second-order valence-corrected chi connectivity index (χ2v) is 16.0. The number of fused-ring (bicyclic) bond motifs is 9. The zero-order valence-corrected chi connectivity index (χ0v) is 31.0. The average molecular weight is 794 g/mol. The molecule has 7 atom stereocenters. The Kier molecular flexibility index (Phi) is 9.52. The number of nitrogens with zero attached hydrogens (tertiary/aromatic N) is 1. The molecule has 3 amide bonds. The van der Waals surface area contributed by atoms with Gasteiger partial charge in [0.05, 0.1) is 46.9 Å². The maximum absolute atomic E-state index is 14.2. The molecule has 3 fully saturated rings. The summed E-state index contributed by atoms with van der Waals surface area (Å²) in [6, 6.07) is 15.9. The number of imide groups is 1. The molecular formula is C39H34F3N3O8S2. The fraction of sp³-hybridized carbons (Fsp3) is 0.359. The number of carbonyl (C=O) groups excluding carboxylic acids is 4. The molecule has 286 valence electrons. The first-order valence-electron chi connectivity index (χ1n) is 17.8. The topological polar surface area (TPSA) is 144 Å². The van der Waals surface area contributed by atoms with E-state index in [1.807, 2.05) is 6.07 Å². The highest BCUT2D eigenvalue weighted by Gasteiger charge is 2.69. The molecule has 4 aliphatic rings. The lowest BCUT2D eigenvalue weighted by Gasteiger charge is -2.43. The largest absolute Gasteiger partial charge is 0.490 e. The van der Waals surface area contributed by atoms with E-state index >= 15 is 0 Å². The molecule has 0 radical (unpaired) electrons. The van der Waals surface area contributed by atoms with Gasteiger partial charge in [-0.25, -0.2) is 4.79 Å². The van der Waals surface area contributed by atoms with Gasteiger partial charge in [-0.1, -0.05) is 23.5 Å². The van der Waals surface area contributed by atoms with Gasteiger partial charge in [-0.15, -0.1) is 11.8 Å². The number of anilines is 2. The summed E-state index contributed by atoms with van der Waals surface area (Å²) in [6.45, 7) is 3.47. The van der Waals surface area contributed by atoms with Crippen molar-refractivity contribution in [3.63, 3.8) is 0 Å². The Bertz CT molecular complexity index is 2260. The molecule has 8 rings (SSSR count). The Labute approximate surface area is 320 Å². The van der Waals surface area contributed by atoms with Crippen molar-refractivity contribution in [3.8, 4) is 11.5 Å². The van der Waals surface area contributed by atoms with Crippen LogP contribution in [0.15, 0.2) is 76.6 Å². The monoisotopic (exact) mass is 793 g/mol. The lowest BCUT2D eigenvalue weighted by atomic mass is 9.68. The average Bonchev–Trinajstić information content (AvgIpc) is 3.90. The van der Waals surface area contributed by atoms with Gasteiger partial charge in [-0.2, -0.15) is 13.2 Å². The molecule has 1 saturated heterocycles. The van der Waals surface area contributed by atoms with Gasteiger partial charge < -0.3 is 24.5 Å². The van der Waals surface area contributed by atoms with Crippen molar-refractivity contribution in [2.75, 3.05) is 30.0 Å². The number of H-pyrrole nitrogens is 1. The highest BCUT2D eigenvalue weighted by Crippen LogP contribution is 2.69. The zero-order valence-electron chi connectivity index (χ0n) is 29.4. The Morgan fingerprint density at radius 3 is 2.36 bits per heavy atom. The number of aromatic nitrogens is 1. The summed E-state index contributed by atoms with van der Waals surface area (Å²) < 4.78 is 56.3. The van der Waals surface area contributed by atoms with E-state index in [0.717, 1.165) is 38.9 Å². The van der Waals surface area contributed by atoms with Crippen molar-refractivity contribution < 1.29 is 46.6 Å². The summed E-state index contributed by atoms with van der Waals surface area (Å²) in [7, 11) is 0. The first kappa shape index (κ1) is 36.9. The molecule has 0 spiro atoms. The van der Waals surface area contributed by atoms with Crippen molar-refractivity contribution in [2.45, 2.75) is 42.6 Å². The van der Waals surface area contributed by atoms with E-state index < -0.39 is 42.1 Å². The predicted molar refractivity (Wildman–Crippen MR) is 197 cm³/mol. The Hall–Kier alpha value is -5.09. The smallest absolute Gasteiger partial charge is 0.416 e. The lowest BCUT2D eigenvalue weighted by molar-refractivity contribution is -0.137. The number of amides is 3. The molecule has 55 heavy (non-hydrogen) atoms. The molecule has 4 aromatic rings. The maximum atomic E-state index is 14.2. The van der Waals surface area contributed by atoms with E-state index in [-0.39, 0.29) is 70.3 Å². The number of halogens is 3. The molecule has 11 nitrogen and oxygen atoms in total. The third-order valence-electron chi connectivity index (χ3n) is 10.8. The fourth-order valence-corrected chi connectivity index (χ4v) is 11.7. The number of thioether (sulfide) groups is 1. The van der Waals surface area contributed by atoms with Crippen molar-refractivity contribution in [1.82, 2.24) is 4.98 Å². The van der Waals surface area contributed by atoms with Gasteiger partial charge in [0.25, 0.3) is 5.91 Å². The summed E-state index contributed by atoms with van der Waals surface area (Å²) >= 11 is 2.67. The number of hydrogen-bond donors (Lipinski definition) is 2. The van der Waals surface area contributed by atoms with Gasteiger partial charge in [-0.05, 0) is 98.2 Å². The van der Waals surface area contributed by atoms with Gasteiger partial charge in [0.2, 0.25) is 11.8 Å². The Balaban J connectivity index is 1.06. The molecule has 2 aliphatic heterocycles. The maximum Gasteiger partial charge on any atom is 0.416 e. The van der Waals surface area contributed by atoms with Crippen LogP contribution in [0.1, 0.15) is 52.5 Å². The van der Waals surface area contributed by atoms with E-state index in [1.165, 1.54) is 17.0 Å². The standard InChI is InChI=1S/C39H34F3N3O8S2/c1-3-51-26-14-19(10-13-25(26)53-17-27(46)43-21-7-5-6-20(15-21)39(40,41)42)28-29-23-16-24(32(29)54-34-33(28)55-38(50)44-34)31-30(23)35(47)45(36(31)48)22-11-8-18(9-12-22)37(49)52-4-2/h5-15,23-24,28-32H,3-4,16-17H2,1-2H3,(H,43,46)(H,44,50)/t23?,24?,28-,29?,30?,31?,32?/m1/s1. The van der Waals surface area contributed by atoms with Crippen molar-refractivity contribution in [3.05, 3.63) is 98.0 Å². The van der Waals surface area contributed by atoms with E-state index in [9.17, 15) is 37.1 Å². The molecule has 16 heteroatoms. The predicted octanol–water partition coefficient (Wildman–Crippen LogP) is 6.73. The van der Waals surface area contributed by atoms with E-state index in [1.54, 1.807) is 62.0 Å². The molecular weight excluding hydrogens is 760 g/mol. The number of hydrogen-bond acceptors (Lipinski definition) is 10.